The standard InChI is InChI=1S/C15H17ClFN3O4S/c1-9(2)13(18-12(21)7-16)14-19-20-15(24-14)25(22,23)8-10-3-5-11(17)6-4-10/h3-6,9,13H,7-8H2,1-2H3,(H,18,21)/t13-/m0/s1. The lowest BCUT2D eigenvalue weighted by molar-refractivity contribution is -0.119. The van der Waals surface area contributed by atoms with Crippen LogP contribution in [0.5, 0.6) is 0 Å². The average Bonchev–Trinajstić information content (AvgIpc) is 3.04. The highest BCUT2D eigenvalue weighted by atomic mass is 35.5. The van der Waals surface area contributed by atoms with Crippen LogP contribution in [-0.2, 0) is 20.4 Å². The van der Waals surface area contributed by atoms with Crippen molar-refractivity contribution < 1.29 is 22.0 Å². The van der Waals surface area contributed by atoms with Crippen LogP contribution < -0.4 is 5.32 Å². The summed E-state index contributed by atoms with van der Waals surface area (Å²) in [7, 11) is -3.90. The van der Waals surface area contributed by atoms with E-state index in [1.807, 2.05) is 0 Å². The van der Waals surface area contributed by atoms with Crippen LogP contribution in [0.1, 0.15) is 31.3 Å². The molecule has 0 radical (unpaired) electrons. The molecule has 10 heteroatoms. The van der Waals surface area contributed by atoms with E-state index in [9.17, 15) is 17.6 Å². The number of alkyl halides is 1. The van der Waals surface area contributed by atoms with Crippen molar-refractivity contribution in [1.82, 2.24) is 15.5 Å². The summed E-state index contributed by atoms with van der Waals surface area (Å²) in [4.78, 5) is 11.5. The molecule has 0 unspecified atom stereocenters. The van der Waals surface area contributed by atoms with E-state index in [0.29, 0.717) is 5.56 Å². The number of aromatic nitrogens is 2. The van der Waals surface area contributed by atoms with E-state index in [0.717, 1.165) is 0 Å². The van der Waals surface area contributed by atoms with Gasteiger partial charge in [0.25, 0.3) is 0 Å². The van der Waals surface area contributed by atoms with Crippen LogP contribution in [-0.4, -0.2) is 30.4 Å². The van der Waals surface area contributed by atoms with Gasteiger partial charge in [0, 0.05) is 0 Å². The molecule has 1 amide bonds. The van der Waals surface area contributed by atoms with E-state index >= 15 is 0 Å². The van der Waals surface area contributed by atoms with Crippen molar-refractivity contribution in [2.45, 2.75) is 30.9 Å². The summed E-state index contributed by atoms with van der Waals surface area (Å²) in [6.45, 7) is 3.60. The number of halogens is 2. The molecule has 0 fully saturated rings. The van der Waals surface area contributed by atoms with Crippen molar-refractivity contribution in [1.29, 1.82) is 0 Å². The predicted octanol–water partition coefficient (Wildman–Crippen LogP) is 2.23. The summed E-state index contributed by atoms with van der Waals surface area (Å²) in [5.41, 5.74) is 0.386. The minimum Gasteiger partial charge on any atom is -0.410 e. The van der Waals surface area contributed by atoms with Crippen molar-refractivity contribution in [3.05, 3.63) is 41.5 Å². The Morgan fingerprint density at radius 3 is 2.48 bits per heavy atom. The number of amides is 1. The fourth-order valence-electron chi connectivity index (χ4n) is 2.06. The highest BCUT2D eigenvalue weighted by Gasteiger charge is 2.28. The molecule has 136 valence electrons. The van der Waals surface area contributed by atoms with Crippen LogP contribution in [0, 0.1) is 11.7 Å². The minimum atomic E-state index is -3.90. The zero-order valence-electron chi connectivity index (χ0n) is 13.6. The van der Waals surface area contributed by atoms with Crippen molar-refractivity contribution >= 4 is 27.3 Å². The maximum absolute atomic E-state index is 12.9. The molecule has 2 rings (SSSR count). The second kappa shape index (κ2) is 7.92. The van der Waals surface area contributed by atoms with Crippen LogP contribution in [0.4, 0.5) is 4.39 Å². The van der Waals surface area contributed by atoms with E-state index in [1.54, 1.807) is 13.8 Å². The Kier molecular flexibility index (Phi) is 6.12. The van der Waals surface area contributed by atoms with Gasteiger partial charge in [-0.05, 0) is 23.6 Å². The lowest BCUT2D eigenvalue weighted by Crippen LogP contribution is -2.32. The number of hydrogen-bond acceptors (Lipinski definition) is 6. The van der Waals surface area contributed by atoms with E-state index in [1.165, 1.54) is 24.3 Å². The smallest absolute Gasteiger partial charge is 0.335 e. The van der Waals surface area contributed by atoms with Crippen molar-refractivity contribution in [2.24, 2.45) is 5.92 Å². The molecule has 1 aromatic carbocycles. The SMILES string of the molecule is CC(C)[C@H](NC(=O)CCl)c1nnc(S(=O)(=O)Cc2ccc(F)cc2)o1. The summed E-state index contributed by atoms with van der Waals surface area (Å²) in [5.74, 6) is -1.70. The first-order valence-electron chi connectivity index (χ1n) is 7.39. The molecule has 25 heavy (non-hydrogen) atoms. The Labute approximate surface area is 149 Å². The second-order valence-corrected chi connectivity index (χ2v) is 7.85. The van der Waals surface area contributed by atoms with Gasteiger partial charge >= 0.3 is 5.22 Å². The number of nitrogens with zero attached hydrogens (tertiary/aromatic N) is 2. The second-order valence-electron chi connectivity index (χ2n) is 5.71. The summed E-state index contributed by atoms with van der Waals surface area (Å²) in [6, 6.07) is 4.40. The van der Waals surface area contributed by atoms with E-state index in [4.69, 9.17) is 16.0 Å². The van der Waals surface area contributed by atoms with E-state index < -0.39 is 38.6 Å². The summed E-state index contributed by atoms with van der Waals surface area (Å²) < 4.78 is 42.9. The quantitative estimate of drug-likeness (QED) is 0.728. The molecule has 1 heterocycles. The van der Waals surface area contributed by atoms with Gasteiger partial charge in [-0.2, -0.15) is 0 Å². The predicted molar refractivity (Wildman–Crippen MR) is 88.0 cm³/mol. The molecule has 0 aliphatic heterocycles. The Bertz CT molecular complexity index is 837. The number of nitrogens with one attached hydrogen (secondary N) is 1. The maximum atomic E-state index is 12.9. The molecule has 0 spiro atoms. The third kappa shape index (κ3) is 4.99. The van der Waals surface area contributed by atoms with Crippen LogP contribution in [0.25, 0.3) is 0 Å². The van der Waals surface area contributed by atoms with Gasteiger partial charge in [-0.1, -0.05) is 31.1 Å². The third-order valence-corrected chi connectivity index (χ3v) is 4.98. The lowest BCUT2D eigenvalue weighted by atomic mass is 10.0. The van der Waals surface area contributed by atoms with Crippen molar-refractivity contribution in [3.8, 4) is 0 Å². The minimum absolute atomic E-state index is 0.0221. The van der Waals surface area contributed by atoms with E-state index in [-0.39, 0.29) is 17.7 Å². The topological polar surface area (TPSA) is 102 Å². The molecular weight excluding hydrogens is 373 g/mol. The summed E-state index contributed by atoms with van der Waals surface area (Å²) in [5, 5.41) is 9.35. The first kappa shape index (κ1) is 19.3. The molecule has 2 aromatic rings. The first-order valence-corrected chi connectivity index (χ1v) is 9.57. The highest BCUT2D eigenvalue weighted by molar-refractivity contribution is 7.90. The zero-order valence-corrected chi connectivity index (χ0v) is 15.1. The number of benzene rings is 1. The molecule has 0 bridgehead atoms. The molecular formula is C15H17ClFN3O4S. The Hall–Kier alpha value is -2.00. The van der Waals surface area contributed by atoms with Crippen LogP contribution >= 0.6 is 11.6 Å². The molecule has 0 aliphatic carbocycles. The normalized spacial score (nSPS) is 13.0. The average molecular weight is 390 g/mol. The van der Waals surface area contributed by atoms with Crippen LogP contribution in [0.2, 0.25) is 0 Å². The number of rotatable bonds is 7. The highest BCUT2D eigenvalue weighted by Crippen LogP contribution is 2.23. The Balaban J connectivity index is 2.23. The largest absolute Gasteiger partial charge is 0.410 e. The Morgan fingerprint density at radius 2 is 1.92 bits per heavy atom. The lowest BCUT2D eigenvalue weighted by Gasteiger charge is -2.17. The molecule has 0 saturated carbocycles. The Morgan fingerprint density at radius 1 is 1.28 bits per heavy atom. The molecule has 0 saturated heterocycles. The van der Waals surface area contributed by atoms with Gasteiger partial charge in [-0.25, -0.2) is 12.8 Å². The van der Waals surface area contributed by atoms with Gasteiger partial charge in [0.05, 0.1) is 5.75 Å². The molecule has 0 aliphatic rings. The first-order chi connectivity index (χ1) is 11.7. The van der Waals surface area contributed by atoms with Crippen LogP contribution in [0.3, 0.4) is 0 Å². The zero-order chi connectivity index (χ0) is 18.6. The van der Waals surface area contributed by atoms with Crippen molar-refractivity contribution in [2.75, 3.05) is 5.88 Å². The number of sulfone groups is 1. The summed E-state index contributed by atoms with van der Waals surface area (Å²) in [6.07, 6.45) is 0. The van der Waals surface area contributed by atoms with Gasteiger partial charge in [0.15, 0.2) is 0 Å². The molecule has 1 N–H and O–H groups in total. The fraction of sp³-hybridized carbons (Fsp3) is 0.400. The molecule has 1 atom stereocenters. The fourth-order valence-corrected chi connectivity index (χ4v) is 3.27. The van der Waals surface area contributed by atoms with Crippen molar-refractivity contribution in [3.63, 3.8) is 0 Å². The van der Waals surface area contributed by atoms with E-state index in [2.05, 4.69) is 15.5 Å². The monoisotopic (exact) mass is 389 g/mol. The van der Waals surface area contributed by atoms with Gasteiger partial charge in [0.1, 0.15) is 17.7 Å². The van der Waals surface area contributed by atoms with Crippen LogP contribution in [0.15, 0.2) is 33.9 Å². The van der Waals surface area contributed by atoms with Gasteiger partial charge in [0.2, 0.25) is 21.6 Å². The maximum Gasteiger partial charge on any atom is 0.335 e. The van der Waals surface area contributed by atoms with Gasteiger partial charge in [-0.15, -0.1) is 16.7 Å². The third-order valence-electron chi connectivity index (χ3n) is 3.33. The summed E-state index contributed by atoms with van der Waals surface area (Å²) >= 11 is 5.47. The molecule has 1 aromatic heterocycles. The van der Waals surface area contributed by atoms with Gasteiger partial charge in [-0.3, -0.25) is 4.79 Å². The number of hydrogen-bond donors (Lipinski definition) is 1. The number of carbonyl (C=O) groups excluding carboxylic acids is 1. The number of carbonyl (C=O) groups is 1. The molecule has 7 nitrogen and oxygen atoms in total. The van der Waals surface area contributed by atoms with Gasteiger partial charge < -0.3 is 9.73 Å².